The van der Waals surface area contributed by atoms with Gasteiger partial charge in [0, 0.05) is 4.47 Å². The lowest BCUT2D eigenvalue weighted by Gasteiger charge is -2.13. The summed E-state index contributed by atoms with van der Waals surface area (Å²) in [5.74, 6) is -0.302. The molecule has 3 heteroatoms. The first-order valence-electron chi connectivity index (χ1n) is 5.27. The van der Waals surface area contributed by atoms with Crippen LogP contribution in [-0.2, 0) is 0 Å². The zero-order chi connectivity index (χ0) is 12.4. The van der Waals surface area contributed by atoms with Gasteiger partial charge in [0.05, 0.1) is 0 Å². The van der Waals surface area contributed by atoms with E-state index < -0.39 is 6.10 Å². The van der Waals surface area contributed by atoms with E-state index in [0.29, 0.717) is 5.56 Å². The third-order valence-corrected chi connectivity index (χ3v) is 3.32. The number of hydrogen-bond acceptors (Lipinski definition) is 1. The molecule has 0 fully saturated rings. The fourth-order valence-electron chi connectivity index (χ4n) is 1.68. The molecule has 1 unspecified atom stereocenters. The minimum atomic E-state index is -0.745. The van der Waals surface area contributed by atoms with Gasteiger partial charge in [0.15, 0.2) is 0 Å². The molecule has 2 aromatic carbocycles. The summed E-state index contributed by atoms with van der Waals surface area (Å²) in [6.07, 6.45) is -0.745. The molecule has 2 aromatic rings. The molecule has 0 radical (unpaired) electrons. The number of rotatable bonds is 2. The number of aryl methyl sites for hydroxylation is 1. The summed E-state index contributed by atoms with van der Waals surface area (Å²) in [6.45, 7) is 1.98. The van der Waals surface area contributed by atoms with Crippen molar-refractivity contribution in [2.75, 3.05) is 0 Å². The van der Waals surface area contributed by atoms with Gasteiger partial charge in [-0.2, -0.15) is 0 Å². The topological polar surface area (TPSA) is 20.2 Å². The molecule has 2 rings (SSSR count). The molecule has 0 aliphatic carbocycles. The zero-order valence-corrected chi connectivity index (χ0v) is 10.9. The van der Waals surface area contributed by atoms with Crippen LogP contribution in [0.15, 0.2) is 46.9 Å². The maximum Gasteiger partial charge on any atom is 0.123 e. The number of aliphatic hydroxyl groups excluding tert-OH is 1. The summed E-state index contributed by atoms with van der Waals surface area (Å²) >= 11 is 3.43. The number of halogens is 2. The Morgan fingerprint density at radius 3 is 2.35 bits per heavy atom. The van der Waals surface area contributed by atoms with Gasteiger partial charge in [0.25, 0.3) is 0 Å². The lowest BCUT2D eigenvalue weighted by Crippen LogP contribution is -2.00. The summed E-state index contributed by atoms with van der Waals surface area (Å²) in [5.41, 5.74) is 2.57. The number of benzene rings is 2. The lowest BCUT2D eigenvalue weighted by atomic mass is 10.0. The van der Waals surface area contributed by atoms with Crippen LogP contribution in [-0.4, -0.2) is 5.11 Å². The molecular formula is C14H12BrFO. The van der Waals surface area contributed by atoms with Gasteiger partial charge in [0.1, 0.15) is 11.9 Å². The van der Waals surface area contributed by atoms with E-state index in [9.17, 15) is 9.50 Å². The van der Waals surface area contributed by atoms with E-state index in [-0.39, 0.29) is 5.82 Å². The highest BCUT2D eigenvalue weighted by Crippen LogP contribution is 2.29. The highest BCUT2D eigenvalue weighted by molar-refractivity contribution is 9.10. The Balaban J connectivity index is 2.36. The summed E-state index contributed by atoms with van der Waals surface area (Å²) in [7, 11) is 0. The van der Waals surface area contributed by atoms with Crippen molar-refractivity contribution in [3.63, 3.8) is 0 Å². The molecule has 0 saturated heterocycles. The minimum absolute atomic E-state index is 0.302. The van der Waals surface area contributed by atoms with Crippen LogP contribution in [0.3, 0.4) is 0 Å². The van der Waals surface area contributed by atoms with E-state index in [0.717, 1.165) is 15.6 Å². The molecule has 1 nitrogen and oxygen atoms in total. The van der Waals surface area contributed by atoms with Crippen LogP contribution in [0.25, 0.3) is 0 Å². The molecular weight excluding hydrogens is 283 g/mol. The van der Waals surface area contributed by atoms with Gasteiger partial charge in [-0.1, -0.05) is 40.2 Å². The molecule has 0 heterocycles. The molecule has 1 atom stereocenters. The highest BCUT2D eigenvalue weighted by Gasteiger charge is 2.13. The van der Waals surface area contributed by atoms with Crippen LogP contribution in [0.2, 0.25) is 0 Å². The highest BCUT2D eigenvalue weighted by atomic mass is 79.9. The molecule has 0 aromatic heterocycles. The van der Waals surface area contributed by atoms with E-state index in [4.69, 9.17) is 0 Å². The van der Waals surface area contributed by atoms with E-state index >= 15 is 0 Å². The SMILES string of the molecule is Cc1ccc(C(O)c2ccc(F)cc2)c(Br)c1. The second-order valence-electron chi connectivity index (χ2n) is 3.98. The van der Waals surface area contributed by atoms with Crippen molar-refractivity contribution in [3.05, 3.63) is 69.4 Å². The first-order chi connectivity index (χ1) is 8.08. The van der Waals surface area contributed by atoms with Crippen LogP contribution in [0.1, 0.15) is 22.8 Å². The van der Waals surface area contributed by atoms with Gasteiger partial charge >= 0.3 is 0 Å². The van der Waals surface area contributed by atoms with Gasteiger partial charge in [-0.3, -0.25) is 0 Å². The molecule has 0 spiro atoms. The van der Waals surface area contributed by atoms with Gasteiger partial charge in [-0.15, -0.1) is 0 Å². The van der Waals surface area contributed by atoms with Gasteiger partial charge in [-0.05, 0) is 41.8 Å². The van der Waals surface area contributed by atoms with E-state index in [1.165, 1.54) is 12.1 Å². The van der Waals surface area contributed by atoms with E-state index in [1.807, 2.05) is 25.1 Å². The minimum Gasteiger partial charge on any atom is -0.384 e. The normalized spacial score (nSPS) is 12.5. The lowest BCUT2D eigenvalue weighted by molar-refractivity contribution is 0.219. The Bertz CT molecular complexity index is 522. The number of aliphatic hydroxyl groups is 1. The summed E-state index contributed by atoms with van der Waals surface area (Å²) in [5, 5.41) is 10.2. The maximum atomic E-state index is 12.8. The first kappa shape index (κ1) is 12.3. The average Bonchev–Trinajstić information content (AvgIpc) is 2.29. The fourth-order valence-corrected chi connectivity index (χ4v) is 2.39. The standard InChI is InChI=1S/C14H12BrFO/c1-9-2-7-12(13(15)8-9)14(17)10-3-5-11(16)6-4-10/h2-8,14,17H,1H3. The monoisotopic (exact) mass is 294 g/mol. The Kier molecular flexibility index (Phi) is 3.60. The average molecular weight is 295 g/mol. The van der Waals surface area contributed by atoms with Gasteiger partial charge in [0.2, 0.25) is 0 Å². The van der Waals surface area contributed by atoms with Crippen molar-refractivity contribution in [2.24, 2.45) is 0 Å². The summed E-state index contributed by atoms with van der Waals surface area (Å²) in [4.78, 5) is 0. The Morgan fingerprint density at radius 1 is 1.12 bits per heavy atom. The summed E-state index contributed by atoms with van der Waals surface area (Å²) in [6, 6.07) is 11.6. The Labute approximate surface area is 108 Å². The smallest absolute Gasteiger partial charge is 0.123 e. The second kappa shape index (κ2) is 4.98. The summed E-state index contributed by atoms with van der Waals surface area (Å²) < 4.78 is 13.6. The Hall–Kier alpha value is -1.19. The molecule has 17 heavy (non-hydrogen) atoms. The predicted molar refractivity (Wildman–Crippen MR) is 69.3 cm³/mol. The van der Waals surface area contributed by atoms with Crippen LogP contribution in [0.5, 0.6) is 0 Å². The molecule has 88 valence electrons. The van der Waals surface area contributed by atoms with Crippen molar-refractivity contribution < 1.29 is 9.50 Å². The van der Waals surface area contributed by atoms with Crippen LogP contribution in [0.4, 0.5) is 4.39 Å². The third kappa shape index (κ3) is 2.73. The van der Waals surface area contributed by atoms with E-state index in [1.54, 1.807) is 12.1 Å². The van der Waals surface area contributed by atoms with Crippen molar-refractivity contribution in [1.82, 2.24) is 0 Å². The van der Waals surface area contributed by atoms with Gasteiger partial charge in [-0.25, -0.2) is 4.39 Å². The molecule has 0 aliphatic heterocycles. The predicted octanol–water partition coefficient (Wildman–Crippen LogP) is 3.98. The fraction of sp³-hybridized carbons (Fsp3) is 0.143. The third-order valence-electron chi connectivity index (χ3n) is 2.64. The van der Waals surface area contributed by atoms with Crippen molar-refractivity contribution in [2.45, 2.75) is 13.0 Å². The van der Waals surface area contributed by atoms with Crippen molar-refractivity contribution in [1.29, 1.82) is 0 Å². The number of hydrogen-bond donors (Lipinski definition) is 1. The van der Waals surface area contributed by atoms with Crippen LogP contribution < -0.4 is 0 Å². The molecule has 0 bridgehead atoms. The first-order valence-corrected chi connectivity index (χ1v) is 6.07. The molecule has 0 aliphatic rings. The van der Waals surface area contributed by atoms with E-state index in [2.05, 4.69) is 15.9 Å². The quantitative estimate of drug-likeness (QED) is 0.888. The Morgan fingerprint density at radius 2 is 1.76 bits per heavy atom. The molecule has 0 saturated carbocycles. The van der Waals surface area contributed by atoms with Crippen molar-refractivity contribution >= 4 is 15.9 Å². The van der Waals surface area contributed by atoms with Crippen LogP contribution in [0, 0.1) is 12.7 Å². The second-order valence-corrected chi connectivity index (χ2v) is 4.83. The molecule has 0 amide bonds. The molecule has 1 N–H and O–H groups in total. The largest absolute Gasteiger partial charge is 0.384 e. The van der Waals surface area contributed by atoms with Crippen LogP contribution >= 0.6 is 15.9 Å². The zero-order valence-electron chi connectivity index (χ0n) is 9.32. The maximum absolute atomic E-state index is 12.8. The van der Waals surface area contributed by atoms with Gasteiger partial charge < -0.3 is 5.11 Å². The van der Waals surface area contributed by atoms with Crippen molar-refractivity contribution in [3.8, 4) is 0 Å².